The summed E-state index contributed by atoms with van der Waals surface area (Å²) in [5.41, 5.74) is 1.26. The molecule has 0 bridgehead atoms. The van der Waals surface area contributed by atoms with Crippen LogP contribution < -0.4 is 5.32 Å². The highest BCUT2D eigenvalue weighted by Gasteiger charge is 2.42. The van der Waals surface area contributed by atoms with E-state index in [1.165, 1.54) is 5.57 Å². The van der Waals surface area contributed by atoms with E-state index >= 15 is 0 Å². The van der Waals surface area contributed by atoms with E-state index in [1.807, 2.05) is 0 Å². The Morgan fingerprint density at radius 1 is 1.28 bits per heavy atom. The molecule has 0 amide bonds. The van der Waals surface area contributed by atoms with Crippen molar-refractivity contribution in [3.8, 4) is 0 Å². The van der Waals surface area contributed by atoms with E-state index in [1.54, 1.807) is 7.11 Å². The van der Waals surface area contributed by atoms with Crippen molar-refractivity contribution >= 4 is 8.32 Å². The highest BCUT2D eigenvalue weighted by Crippen LogP contribution is 2.39. The molecule has 2 heterocycles. The second-order valence-corrected chi connectivity index (χ2v) is 13.6. The van der Waals surface area contributed by atoms with Crippen molar-refractivity contribution in [2.75, 3.05) is 39.8 Å². The first-order valence-corrected chi connectivity index (χ1v) is 12.5. The molecule has 2 saturated heterocycles. The van der Waals surface area contributed by atoms with Gasteiger partial charge >= 0.3 is 0 Å². The quantitative estimate of drug-likeness (QED) is 0.595. The molecular weight excluding hydrogens is 332 g/mol. The number of nitrogens with one attached hydrogen (secondary N) is 1. The average molecular weight is 371 g/mol. The Bertz CT molecular complexity index is 456. The Kier molecular flexibility index (Phi) is 7.27. The van der Waals surface area contributed by atoms with E-state index in [4.69, 9.17) is 13.9 Å². The Labute approximate surface area is 155 Å². The normalized spacial score (nSPS) is 31.5. The predicted molar refractivity (Wildman–Crippen MR) is 105 cm³/mol. The zero-order valence-corrected chi connectivity index (χ0v) is 18.2. The Hall–Kier alpha value is -0.243. The van der Waals surface area contributed by atoms with Crippen molar-refractivity contribution in [2.45, 2.75) is 70.7 Å². The topological polar surface area (TPSA) is 43.0 Å². The first kappa shape index (κ1) is 21.1. The maximum absolute atomic E-state index is 6.48. The molecule has 0 radical (unpaired) electrons. The summed E-state index contributed by atoms with van der Waals surface area (Å²) in [7, 11) is -0.0504. The van der Waals surface area contributed by atoms with Crippen molar-refractivity contribution in [2.24, 2.45) is 0 Å². The number of hydrogen-bond acceptors (Lipinski definition) is 5. The van der Waals surface area contributed by atoms with Crippen LogP contribution in [0.4, 0.5) is 0 Å². The summed E-state index contributed by atoms with van der Waals surface area (Å²) in [4.78, 5) is 2.47. The summed E-state index contributed by atoms with van der Waals surface area (Å²) in [6.45, 7) is 18.8. The number of ether oxygens (including phenoxy) is 2. The van der Waals surface area contributed by atoms with Crippen LogP contribution in [-0.2, 0) is 13.9 Å². The number of nitrogens with zero attached hydrogens (tertiary/aromatic N) is 1. The maximum Gasteiger partial charge on any atom is 0.195 e. The molecule has 0 aromatic heterocycles. The van der Waals surface area contributed by atoms with Crippen LogP contribution in [0.25, 0.3) is 0 Å². The average Bonchev–Trinajstić information content (AvgIpc) is 2.53. The van der Waals surface area contributed by atoms with Crippen LogP contribution in [0.5, 0.6) is 0 Å². The third-order valence-corrected chi connectivity index (χ3v) is 10.4. The molecule has 0 saturated carbocycles. The molecule has 2 aliphatic rings. The second kappa shape index (κ2) is 8.63. The summed E-state index contributed by atoms with van der Waals surface area (Å²) < 4.78 is 18.5. The number of rotatable bonds is 5. The van der Waals surface area contributed by atoms with Crippen LogP contribution in [0, 0.1) is 0 Å². The van der Waals surface area contributed by atoms with Gasteiger partial charge in [-0.05, 0) is 30.6 Å². The summed E-state index contributed by atoms with van der Waals surface area (Å²) in [6.07, 6.45) is 3.04. The number of methoxy groups -OCH3 is 1. The van der Waals surface area contributed by atoms with Gasteiger partial charge in [0.15, 0.2) is 14.6 Å². The fourth-order valence-electron chi connectivity index (χ4n) is 3.17. The number of piperazine rings is 1. The van der Waals surface area contributed by atoms with Gasteiger partial charge in [0.25, 0.3) is 0 Å². The molecule has 25 heavy (non-hydrogen) atoms. The maximum atomic E-state index is 6.48. The van der Waals surface area contributed by atoms with Gasteiger partial charge in [-0.2, -0.15) is 0 Å². The van der Waals surface area contributed by atoms with E-state index in [9.17, 15) is 0 Å². The Morgan fingerprint density at radius 3 is 2.48 bits per heavy atom. The monoisotopic (exact) mass is 370 g/mol. The molecule has 2 fully saturated rings. The third-order valence-electron chi connectivity index (χ3n) is 5.92. The van der Waals surface area contributed by atoms with E-state index in [0.717, 1.165) is 39.1 Å². The fraction of sp³-hybridized carbons (Fsp3) is 0.895. The van der Waals surface area contributed by atoms with Gasteiger partial charge in [0, 0.05) is 46.3 Å². The highest BCUT2D eigenvalue weighted by atomic mass is 28.4. The lowest BCUT2D eigenvalue weighted by molar-refractivity contribution is -0.155. The molecule has 0 aromatic carbocycles. The predicted octanol–water partition coefficient (Wildman–Crippen LogP) is 2.99. The Balaban J connectivity index is 2.00. The van der Waals surface area contributed by atoms with Gasteiger partial charge in [-0.3, -0.25) is 4.90 Å². The zero-order valence-electron chi connectivity index (χ0n) is 17.2. The fourth-order valence-corrected chi connectivity index (χ4v) is 4.34. The van der Waals surface area contributed by atoms with Crippen molar-refractivity contribution < 1.29 is 13.9 Å². The van der Waals surface area contributed by atoms with E-state index in [0.29, 0.717) is 0 Å². The zero-order chi connectivity index (χ0) is 18.7. The highest BCUT2D eigenvalue weighted by molar-refractivity contribution is 6.74. The van der Waals surface area contributed by atoms with Gasteiger partial charge < -0.3 is 19.2 Å². The van der Waals surface area contributed by atoms with Gasteiger partial charge in [0.05, 0.1) is 12.2 Å². The van der Waals surface area contributed by atoms with E-state index in [-0.39, 0.29) is 23.5 Å². The molecule has 0 aromatic rings. The number of hydrogen-bond donors (Lipinski definition) is 1. The van der Waals surface area contributed by atoms with Crippen molar-refractivity contribution in [3.63, 3.8) is 0 Å². The smallest absolute Gasteiger partial charge is 0.195 e. The van der Waals surface area contributed by atoms with Crippen molar-refractivity contribution in [1.29, 1.82) is 0 Å². The molecule has 0 unspecified atom stereocenters. The van der Waals surface area contributed by atoms with Gasteiger partial charge in [-0.1, -0.05) is 26.8 Å². The molecule has 1 N–H and O–H groups in total. The third kappa shape index (κ3) is 5.61. The summed E-state index contributed by atoms with van der Waals surface area (Å²) in [6, 6.07) is 0. The van der Waals surface area contributed by atoms with Crippen LogP contribution in [0.1, 0.15) is 34.1 Å². The molecular formula is C19H38N2O3Si. The van der Waals surface area contributed by atoms with Crippen LogP contribution in [0.3, 0.4) is 0 Å². The minimum Gasteiger partial charge on any atom is -0.392 e. The SMILES string of the molecule is CO[C@H]1C[C@H](O[Si](C)(C)C(C)(C)C)O[C@@H](C)/C1=C/CN1CCNCC1. The summed E-state index contributed by atoms with van der Waals surface area (Å²) >= 11 is 0. The van der Waals surface area contributed by atoms with Gasteiger partial charge in [-0.25, -0.2) is 0 Å². The van der Waals surface area contributed by atoms with Crippen LogP contribution in [-0.4, -0.2) is 71.5 Å². The van der Waals surface area contributed by atoms with Crippen molar-refractivity contribution in [1.82, 2.24) is 10.2 Å². The van der Waals surface area contributed by atoms with Gasteiger partial charge in [0.1, 0.15) is 0 Å². The first-order chi connectivity index (χ1) is 11.6. The standard InChI is InChI=1S/C19H38N2O3Si/c1-15-16(8-11-21-12-9-20-10-13-21)17(22-5)14-18(23-15)24-25(6,7)19(2,3)4/h8,15,17-18,20H,9-14H2,1-7H3/b16-8-/t15-,17-,18-/m0/s1. The molecule has 0 aliphatic carbocycles. The van der Waals surface area contributed by atoms with Gasteiger partial charge in [-0.15, -0.1) is 0 Å². The lowest BCUT2D eigenvalue weighted by Gasteiger charge is -2.43. The second-order valence-electron chi connectivity index (χ2n) is 8.80. The lowest BCUT2D eigenvalue weighted by atomic mass is 9.98. The molecule has 6 heteroatoms. The van der Waals surface area contributed by atoms with Gasteiger partial charge in [0.2, 0.25) is 0 Å². The molecule has 146 valence electrons. The summed E-state index contributed by atoms with van der Waals surface area (Å²) in [5, 5.41) is 3.58. The minimum atomic E-state index is -1.85. The first-order valence-electron chi connectivity index (χ1n) is 9.63. The largest absolute Gasteiger partial charge is 0.392 e. The van der Waals surface area contributed by atoms with Crippen LogP contribution in [0.2, 0.25) is 18.1 Å². The van der Waals surface area contributed by atoms with Crippen molar-refractivity contribution in [3.05, 3.63) is 11.6 Å². The molecule has 0 spiro atoms. The molecule has 5 nitrogen and oxygen atoms in total. The van der Waals surface area contributed by atoms with Crippen LogP contribution in [0.15, 0.2) is 11.6 Å². The lowest BCUT2D eigenvalue weighted by Crippen LogP contribution is -2.49. The van der Waals surface area contributed by atoms with E-state index < -0.39 is 8.32 Å². The van der Waals surface area contributed by atoms with Crippen LogP contribution >= 0.6 is 0 Å². The minimum absolute atomic E-state index is 0.0383. The molecule has 2 rings (SSSR count). The molecule has 3 atom stereocenters. The van der Waals surface area contributed by atoms with E-state index in [2.05, 4.69) is 57.1 Å². The molecule has 2 aliphatic heterocycles. The Morgan fingerprint density at radius 2 is 1.92 bits per heavy atom. The summed E-state index contributed by atoms with van der Waals surface area (Å²) in [5.74, 6) is 0.